The van der Waals surface area contributed by atoms with Crippen LogP contribution in [0.4, 0.5) is 30.4 Å². The molecule has 0 radical (unpaired) electrons. The highest BCUT2D eigenvalue weighted by Crippen LogP contribution is 2.39. The first-order valence-corrected chi connectivity index (χ1v) is 10.3. The number of nitrogens with one attached hydrogen (secondary N) is 3. The van der Waals surface area contributed by atoms with Crippen molar-refractivity contribution >= 4 is 34.3 Å². The third kappa shape index (κ3) is 4.00. The summed E-state index contributed by atoms with van der Waals surface area (Å²) in [4.78, 5) is 27.0. The Morgan fingerprint density at radius 2 is 2.09 bits per heavy atom. The van der Waals surface area contributed by atoms with Gasteiger partial charge in [0.15, 0.2) is 23.0 Å². The molecule has 3 heterocycles. The summed E-state index contributed by atoms with van der Waals surface area (Å²) in [5, 5.41) is 9.96. The van der Waals surface area contributed by atoms with Gasteiger partial charge in [-0.2, -0.15) is 5.10 Å². The maximum Gasteiger partial charge on any atom is 0.295 e. The number of carbonyl (C=O) groups excluding carboxylic acids is 1. The molecule has 2 atom stereocenters. The van der Waals surface area contributed by atoms with Gasteiger partial charge in [0.1, 0.15) is 23.8 Å². The van der Waals surface area contributed by atoms with Crippen molar-refractivity contribution in [1.29, 1.82) is 0 Å². The lowest BCUT2D eigenvalue weighted by molar-refractivity contribution is -0.117. The Bertz CT molecular complexity index is 1390. The van der Waals surface area contributed by atoms with Crippen molar-refractivity contribution < 1.29 is 22.7 Å². The molecule has 0 bridgehead atoms. The van der Waals surface area contributed by atoms with Crippen molar-refractivity contribution in [3.63, 3.8) is 0 Å². The number of H-pyrrole nitrogens is 1. The van der Waals surface area contributed by atoms with Gasteiger partial charge in [0.05, 0.1) is 30.0 Å². The number of aromatic amines is 1. The Balaban J connectivity index is 1.56. The average Bonchev–Trinajstić information content (AvgIpc) is 3.18. The van der Waals surface area contributed by atoms with E-state index in [9.17, 15) is 18.0 Å². The second-order valence-electron chi connectivity index (χ2n) is 7.78. The molecule has 34 heavy (non-hydrogen) atoms. The minimum atomic E-state index is -2.85. The van der Waals surface area contributed by atoms with E-state index in [2.05, 4.69) is 35.7 Å². The summed E-state index contributed by atoms with van der Waals surface area (Å²) >= 11 is 0. The number of nitrogens with zero attached hydrogens (tertiary/aromatic N) is 5. The summed E-state index contributed by atoms with van der Waals surface area (Å²) in [6.45, 7) is 0. The van der Waals surface area contributed by atoms with E-state index in [1.54, 1.807) is 36.3 Å². The Morgan fingerprint density at radius 1 is 1.29 bits per heavy atom. The molecule has 3 N–H and O–H groups in total. The van der Waals surface area contributed by atoms with Crippen molar-refractivity contribution in [2.45, 2.75) is 19.0 Å². The molecule has 1 saturated carbocycles. The second-order valence-corrected chi connectivity index (χ2v) is 7.78. The van der Waals surface area contributed by atoms with Gasteiger partial charge in [-0.05, 0) is 18.6 Å². The molecule has 5 rings (SSSR count). The Hall–Kier alpha value is -4.16. The zero-order valence-electron chi connectivity index (χ0n) is 18.0. The molecule has 1 aliphatic carbocycles. The number of halogens is 3. The predicted octanol–water partition coefficient (Wildman–Crippen LogP) is 3.74. The number of rotatable bonds is 7. The van der Waals surface area contributed by atoms with Gasteiger partial charge in [-0.1, -0.05) is 6.07 Å². The van der Waals surface area contributed by atoms with E-state index in [1.807, 2.05) is 0 Å². The van der Waals surface area contributed by atoms with Crippen LogP contribution < -0.4 is 15.4 Å². The molecule has 1 fully saturated rings. The summed E-state index contributed by atoms with van der Waals surface area (Å²) in [6, 6.07) is 6.71. The van der Waals surface area contributed by atoms with Gasteiger partial charge < -0.3 is 20.4 Å². The van der Waals surface area contributed by atoms with Gasteiger partial charge in [-0.3, -0.25) is 9.48 Å². The number of alkyl halides is 3. The largest absolute Gasteiger partial charge is 0.494 e. The number of para-hydroxylation sites is 1. The molecule has 1 amide bonds. The Kier molecular flexibility index (Phi) is 5.30. The van der Waals surface area contributed by atoms with Gasteiger partial charge in [-0.25, -0.2) is 28.1 Å². The summed E-state index contributed by atoms with van der Waals surface area (Å²) in [5.41, 5.74) is 1.55. The molecular weight excluding hydrogens is 453 g/mol. The van der Waals surface area contributed by atoms with Gasteiger partial charge in [0, 0.05) is 13.1 Å². The summed E-state index contributed by atoms with van der Waals surface area (Å²) in [5.74, 6) is -0.951. The third-order valence-corrected chi connectivity index (χ3v) is 5.32. The van der Waals surface area contributed by atoms with Crippen LogP contribution in [0, 0.1) is 5.92 Å². The summed E-state index contributed by atoms with van der Waals surface area (Å²) in [7, 11) is 3.22. The van der Waals surface area contributed by atoms with Crippen LogP contribution in [0.5, 0.6) is 5.75 Å². The van der Waals surface area contributed by atoms with Crippen molar-refractivity contribution in [2.75, 3.05) is 17.7 Å². The maximum absolute atomic E-state index is 13.3. The van der Waals surface area contributed by atoms with E-state index >= 15 is 0 Å². The lowest BCUT2D eigenvalue weighted by atomic mass is 10.1. The average molecular weight is 472 g/mol. The molecule has 0 spiro atoms. The molecule has 4 aromatic rings. The topological polar surface area (TPSA) is 123 Å². The van der Waals surface area contributed by atoms with Crippen LogP contribution in [-0.2, 0) is 11.8 Å². The van der Waals surface area contributed by atoms with E-state index in [-0.39, 0.29) is 23.4 Å². The Labute approximate surface area is 190 Å². The monoisotopic (exact) mass is 472 g/mol. The standard InChI is InChI=1S/C21H19F3N8O2/c1-32-8-25-18(31-32)9-4-3-5-12(16(9)34-2)26-13-7-14(28-21(33)10-6-11(10)22)27-19-15(13)29-20(30-19)17(23)24/h3-5,7-8,10-11,17H,6H2,1-2H3,(H3,26,27,28,29,30,33)/t10-,11?/m0/s1. The fraction of sp³-hybridized carbons (Fsp3) is 0.286. The number of amides is 1. The number of benzene rings is 1. The minimum absolute atomic E-state index is 0.0373. The maximum atomic E-state index is 13.3. The highest BCUT2D eigenvalue weighted by atomic mass is 19.3. The van der Waals surface area contributed by atoms with Crippen molar-refractivity contribution in [3.8, 4) is 17.1 Å². The lowest BCUT2D eigenvalue weighted by Gasteiger charge is -2.15. The number of hydrogen-bond acceptors (Lipinski definition) is 7. The van der Waals surface area contributed by atoms with Gasteiger partial charge in [0.25, 0.3) is 6.43 Å². The molecule has 13 heteroatoms. The van der Waals surface area contributed by atoms with Crippen LogP contribution >= 0.6 is 0 Å². The summed E-state index contributed by atoms with van der Waals surface area (Å²) in [6.07, 6.45) is -2.35. The molecule has 10 nitrogen and oxygen atoms in total. The quantitative estimate of drug-likeness (QED) is 0.374. The highest BCUT2D eigenvalue weighted by molar-refractivity contribution is 5.98. The zero-order valence-corrected chi connectivity index (χ0v) is 18.0. The minimum Gasteiger partial charge on any atom is -0.494 e. The normalized spacial score (nSPS) is 17.2. The Morgan fingerprint density at radius 3 is 2.74 bits per heavy atom. The number of ether oxygens (including phenoxy) is 1. The smallest absolute Gasteiger partial charge is 0.295 e. The summed E-state index contributed by atoms with van der Waals surface area (Å²) < 4.78 is 47.0. The van der Waals surface area contributed by atoms with E-state index in [1.165, 1.54) is 13.2 Å². The van der Waals surface area contributed by atoms with Crippen LogP contribution in [0.25, 0.3) is 22.6 Å². The first-order chi connectivity index (χ1) is 16.3. The third-order valence-electron chi connectivity index (χ3n) is 5.32. The van der Waals surface area contributed by atoms with E-state index in [0.717, 1.165) is 0 Å². The molecule has 3 aromatic heterocycles. The van der Waals surface area contributed by atoms with Crippen molar-refractivity contribution in [1.82, 2.24) is 29.7 Å². The van der Waals surface area contributed by atoms with Crippen molar-refractivity contribution in [3.05, 3.63) is 36.4 Å². The van der Waals surface area contributed by atoms with Crippen LogP contribution in [0.1, 0.15) is 18.7 Å². The van der Waals surface area contributed by atoms with E-state index in [0.29, 0.717) is 28.5 Å². The highest BCUT2D eigenvalue weighted by Gasteiger charge is 2.43. The number of imidazole rings is 1. The number of aromatic nitrogens is 6. The molecule has 176 valence electrons. The molecular formula is C21H19F3N8O2. The number of carbonyl (C=O) groups is 1. The van der Waals surface area contributed by atoms with Gasteiger partial charge in [0.2, 0.25) is 5.91 Å². The van der Waals surface area contributed by atoms with Crippen molar-refractivity contribution in [2.24, 2.45) is 13.0 Å². The molecule has 0 aliphatic heterocycles. The van der Waals surface area contributed by atoms with Crippen LogP contribution in [0.2, 0.25) is 0 Å². The second kappa shape index (κ2) is 8.32. The molecule has 1 unspecified atom stereocenters. The fourth-order valence-corrected chi connectivity index (χ4v) is 3.57. The number of anilines is 3. The van der Waals surface area contributed by atoms with Crippen LogP contribution in [0.3, 0.4) is 0 Å². The van der Waals surface area contributed by atoms with Gasteiger partial charge >= 0.3 is 0 Å². The van der Waals surface area contributed by atoms with Crippen LogP contribution in [0.15, 0.2) is 30.6 Å². The SMILES string of the molecule is COc1c(Nc2cc(NC(=O)[C@H]3CC3F)nc3nc(C(F)F)[nH]c23)cccc1-c1ncn(C)n1. The van der Waals surface area contributed by atoms with E-state index < -0.39 is 30.2 Å². The predicted molar refractivity (Wildman–Crippen MR) is 117 cm³/mol. The number of aryl methyl sites for hydroxylation is 1. The van der Waals surface area contributed by atoms with Crippen LogP contribution in [-0.4, -0.2) is 48.9 Å². The zero-order chi connectivity index (χ0) is 24.0. The fourth-order valence-electron chi connectivity index (χ4n) is 3.57. The molecule has 1 aliphatic rings. The first-order valence-electron chi connectivity index (χ1n) is 10.3. The van der Waals surface area contributed by atoms with Gasteiger partial charge in [-0.15, -0.1) is 0 Å². The van der Waals surface area contributed by atoms with E-state index in [4.69, 9.17) is 4.74 Å². The number of pyridine rings is 1. The lowest BCUT2D eigenvalue weighted by Crippen LogP contribution is -2.16. The number of hydrogen-bond donors (Lipinski definition) is 3. The number of methoxy groups -OCH3 is 1. The number of fused-ring (bicyclic) bond motifs is 1. The molecule has 0 saturated heterocycles. The molecule has 1 aromatic carbocycles. The first kappa shape index (κ1) is 21.7.